The summed E-state index contributed by atoms with van der Waals surface area (Å²) in [4.78, 5) is 12.9. The quantitative estimate of drug-likeness (QED) is 0.667. The van der Waals surface area contributed by atoms with E-state index < -0.39 is 10.8 Å². The maximum absolute atomic E-state index is 12.9. The number of esters is 1. The lowest BCUT2D eigenvalue weighted by Gasteiger charge is -2.37. The Hall–Kier alpha value is -3.09. The highest BCUT2D eigenvalue weighted by Gasteiger charge is 2.56. The first-order valence-electron chi connectivity index (χ1n) is 9.64. The lowest BCUT2D eigenvalue weighted by atomic mass is 9.62. The number of carbonyl (C=O) groups excluding carboxylic acids is 1. The van der Waals surface area contributed by atoms with Crippen LogP contribution >= 0.6 is 0 Å². The van der Waals surface area contributed by atoms with Crippen LogP contribution in [0.1, 0.15) is 25.0 Å². The third-order valence-electron chi connectivity index (χ3n) is 6.24. The fourth-order valence-electron chi connectivity index (χ4n) is 4.06. The van der Waals surface area contributed by atoms with Gasteiger partial charge in [-0.1, -0.05) is 13.0 Å². The van der Waals surface area contributed by atoms with E-state index in [1.54, 1.807) is 24.3 Å². The normalized spacial score (nSPS) is 23.2. The van der Waals surface area contributed by atoms with Gasteiger partial charge < -0.3 is 29.2 Å². The molecule has 1 saturated heterocycles. The molecule has 7 heteroatoms. The molecule has 1 aliphatic rings. The lowest BCUT2D eigenvalue weighted by molar-refractivity contribution is -0.146. The molecular formula is C23H28O7. The molecule has 0 amide bonds. The molecule has 2 aromatic carbocycles. The minimum atomic E-state index is -0.828. The SMILES string of the molecule is COc1cc(CC2(C)COC(=O)C2(C)Cc2cc(OC)c(O)c(OC)c2)ccc1O. The summed E-state index contributed by atoms with van der Waals surface area (Å²) in [5.74, 6) is 0.657. The summed E-state index contributed by atoms with van der Waals surface area (Å²) in [6.45, 7) is 4.19. The van der Waals surface area contributed by atoms with Crippen molar-refractivity contribution in [3.63, 3.8) is 0 Å². The van der Waals surface area contributed by atoms with E-state index in [4.69, 9.17) is 18.9 Å². The first-order valence-corrected chi connectivity index (χ1v) is 9.64. The second kappa shape index (κ2) is 7.97. The number of hydrogen-bond acceptors (Lipinski definition) is 7. The molecule has 1 heterocycles. The van der Waals surface area contributed by atoms with E-state index in [0.29, 0.717) is 18.6 Å². The van der Waals surface area contributed by atoms with E-state index in [1.807, 2.05) is 19.9 Å². The Kier molecular flexibility index (Phi) is 5.74. The summed E-state index contributed by atoms with van der Waals surface area (Å²) in [6.07, 6.45) is 0.933. The number of ether oxygens (including phenoxy) is 4. The number of hydrogen-bond donors (Lipinski definition) is 2. The molecule has 1 aliphatic heterocycles. The third kappa shape index (κ3) is 3.60. The van der Waals surface area contributed by atoms with Crippen molar-refractivity contribution in [2.24, 2.45) is 10.8 Å². The maximum Gasteiger partial charge on any atom is 0.312 e. The summed E-state index contributed by atoms with van der Waals surface area (Å²) < 4.78 is 21.2. The molecular weight excluding hydrogens is 388 g/mol. The molecule has 1 fully saturated rings. The molecule has 0 spiro atoms. The van der Waals surface area contributed by atoms with Gasteiger partial charge in [-0.05, 0) is 55.2 Å². The van der Waals surface area contributed by atoms with Crippen LogP contribution in [0.3, 0.4) is 0 Å². The molecule has 3 rings (SSSR count). The van der Waals surface area contributed by atoms with Crippen molar-refractivity contribution < 1.29 is 34.0 Å². The van der Waals surface area contributed by atoms with Gasteiger partial charge in [-0.25, -0.2) is 0 Å². The highest BCUT2D eigenvalue weighted by Crippen LogP contribution is 2.51. The van der Waals surface area contributed by atoms with Crippen molar-refractivity contribution >= 4 is 5.97 Å². The molecule has 30 heavy (non-hydrogen) atoms. The van der Waals surface area contributed by atoms with Crippen molar-refractivity contribution in [2.75, 3.05) is 27.9 Å². The Balaban J connectivity index is 1.97. The van der Waals surface area contributed by atoms with Gasteiger partial charge in [0.2, 0.25) is 5.75 Å². The number of phenols is 2. The average Bonchev–Trinajstić information content (AvgIpc) is 2.94. The second-order valence-electron chi connectivity index (χ2n) is 8.18. The summed E-state index contributed by atoms with van der Waals surface area (Å²) in [5, 5.41) is 20.1. The van der Waals surface area contributed by atoms with Crippen LogP contribution in [0.15, 0.2) is 30.3 Å². The monoisotopic (exact) mass is 416 g/mol. The third-order valence-corrected chi connectivity index (χ3v) is 6.24. The van der Waals surface area contributed by atoms with Crippen molar-refractivity contribution in [3.05, 3.63) is 41.5 Å². The van der Waals surface area contributed by atoms with Crippen LogP contribution < -0.4 is 14.2 Å². The van der Waals surface area contributed by atoms with Crippen LogP contribution in [0, 0.1) is 10.8 Å². The van der Waals surface area contributed by atoms with Crippen molar-refractivity contribution in [1.82, 2.24) is 0 Å². The standard InChI is InChI=1S/C23H28O7/c1-22(11-14-6-7-16(24)17(8-14)27-3)13-30-21(26)23(22,2)12-15-9-18(28-4)20(25)19(10-15)29-5/h6-10,24-25H,11-13H2,1-5H3. The van der Waals surface area contributed by atoms with Crippen LogP contribution in [0.25, 0.3) is 0 Å². The molecule has 0 radical (unpaired) electrons. The minimum Gasteiger partial charge on any atom is -0.504 e. The maximum atomic E-state index is 12.9. The Morgan fingerprint density at radius 3 is 2.03 bits per heavy atom. The van der Waals surface area contributed by atoms with Crippen LogP contribution in [-0.4, -0.2) is 44.1 Å². The zero-order chi connectivity index (χ0) is 22.1. The van der Waals surface area contributed by atoms with Gasteiger partial charge in [-0.2, -0.15) is 0 Å². The first-order chi connectivity index (χ1) is 14.2. The molecule has 7 nitrogen and oxygen atoms in total. The van der Waals surface area contributed by atoms with E-state index in [1.165, 1.54) is 21.3 Å². The fraction of sp³-hybridized carbons (Fsp3) is 0.435. The van der Waals surface area contributed by atoms with Gasteiger partial charge in [-0.15, -0.1) is 0 Å². The molecule has 0 bridgehead atoms. The Morgan fingerprint density at radius 1 is 0.900 bits per heavy atom. The van der Waals surface area contributed by atoms with Crippen molar-refractivity contribution in [2.45, 2.75) is 26.7 Å². The molecule has 0 aromatic heterocycles. The Bertz CT molecular complexity index is 930. The van der Waals surface area contributed by atoms with Gasteiger partial charge in [0.15, 0.2) is 23.0 Å². The van der Waals surface area contributed by atoms with Gasteiger partial charge in [0, 0.05) is 5.41 Å². The highest BCUT2D eigenvalue weighted by molar-refractivity contribution is 5.80. The van der Waals surface area contributed by atoms with E-state index >= 15 is 0 Å². The highest BCUT2D eigenvalue weighted by atomic mass is 16.5. The smallest absolute Gasteiger partial charge is 0.312 e. The second-order valence-corrected chi connectivity index (χ2v) is 8.18. The van der Waals surface area contributed by atoms with Crippen molar-refractivity contribution in [3.8, 4) is 28.7 Å². The van der Waals surface area contributed by atoms with Gasteiger partial charge in [0.05, 0.1) is 33.4 Å². The first kappa shape index (κ1) is 21.6. The molecule has 2 aromatic rings. The number of aromatic hydroxyl groups is 2. The molecule has 0 aliphatic carbocycles. The van der Waals surface area contributed by atoms with Crippen LogP contribution in [0.5, 0.6) is 28.7 Å². The zero-order valence-corrected chi connectivity index (χ0v) is 17.9. The van der Waals surface area contributed by atoms with Gasteiger partial charge >= 0.3 is 5.97 Å². The molecule has 162 valence electrons. The summed E-state index contributed by atoms with van der Waals surface area (Å²) >= 11 is 0. The summed E-state index contributed by atoms with van der Waals surface area (Å²) in [6, 6.07) is 8.59. The molecule has 2 unspecified atom stereocenters. The molecule has 2 atom stereocenters. The summed E-state index contributed by atoms with van der Waals surface area (Å²) in [5.41, 5.74) is 0.380. The average molecular weight is 416 g/mol. The molecule has 2 N–H and O–H groups in total. The van der Waals surface area contributed by atoms with E-state index in [9.17, 15) is 15.0 Å². The molecule has 0 saturated carbocycles. The topological polar surface area (TPSA) is 94.5 Å². The zero-order valence-electron chi connectivity index (χ0n) is 17.9. The number of rotatable bonds is 7. The van der Waals surface area contributed by atoms with E-state index in [0.717, 1.165) is 11.1 Å². The summed E-state index contributed by atoms with van der Waals surface area (Å²) in [7, 11) is 4.43. The van der Waals surface area contributed by atoms with Gasteiger partial charge in [-0.3, -0.25) is 4.79 Å². The largest absolute Gasteiger partial charge is 0.504 e. The minimum absolute atomic E-state index is 0.0659. The fourth-order valence-corrected chi connectivity index (χ4v) is 4.06. The van der Waals surface area contributed by atoms with E-state index in [2.05, 4.69) is 0 Å². The number of benzene rings is 2. The number of carbonyl (C=O) groups is 1. The van der Waals surface area contributed by atoms with E-state index in [-0.39, 0.29) is 35.6 Å². The van der Waals surface area contributed by atoms with Gasteiger partial charge in [0.1, 0.15) is 0 Å². The lowest BCUT2D eigenvalue weighted by Crippen LogP contribution is -2.42. The predicted octanol–water partition coefficient (Wildman–Crippen LogP) is 3.48. The van der Waals surface area contributed by atoms with Crippen LogP contribution in [0.4, 0.5) is 0 Å². The Labute approximate surface area is 176 Å². The van der Waals surface area contributed by atoms with Crippen LogP contribution in [-0.2, 0) is 22.4 Å². The number of phenolic OH excluding ortho intramolecular Hbond substituents is 2. The Morgan fingerprint density at radius 2 is 1.47 bits per heavy atom. The van der Waals surface area contributed by atoms with Gasteiger partial charge in [0.25, 0.3) is 0 Å². The number of cyclic esters (lactones) is 1. The van der Waals surface area contributed by atoms with Crippen molar-refractivity contribution in [1.29, 1.82) is 0 Å². The van der Waals surface area contributed by atoms with Crippen LogP contribution in [0.2, 0.25) is 0 Å². The number of methoxy groups -OCH3 is 3. The predicted molar refractivity (Wildman–Crippen MR) is 110 cm³/mol.